The van der Waals surface area contributed by atoms with E-state index in [1.807, 2.05) is 0 Å². The number of esters is 2. The second-order valence-electron chi connectivity index (χ2n) is 3.60. The van der Waals surface area contributed by atoms with E-state index in [1.165, 1.54) is 13.3 Å². The first-order valence-corrected chi connectivity index (χ1v) is 5.63. The first-order chi connectivity index (χ1) is 9.56. The van der Waals surface area contributed by atoms with Crippen molar-refractivity contribution in [1.82, 2.24) is 14.8 Å². The maximum absolute atomic E-state index is 11.4. The number of anilines is 1. The minimum absolute atomic E-state index is 0.00413. The molecule has 0 aliphatic rings. The highest BCUT2D eigenvalue weighted by molar-refractivity contribution is 5.92. The molecular formula is C11H12N4O5. The number of rotatable bonds is 4. The average molecular weight is 280 g/mol. The van der Waals surface area contributed by atoms with Gasteiger partial charge in [-0.1, -0.05) is 0 Å². The summed E-state index contributed by atoms with van der Waals surface area (Å²) in [7, 11) is 1.21. The fourth-order valence-corrected chi connectivity index (χ4v) is 1.41. The minimum atomic E-state index is -0.682. The third-order valence-electron chi connectivity index (χ3n) is 2.29. The largest absolute Gasteiger partial charge is 0.464 e. The van der Waals surface area contributed by atoms with Gasteiger partial charge in [-0.05, 0) is 6.92 Å². The zero-order valence-corrected chi connectivity index (χ0v) is 10.8. The summed E-state index contributed by atoms with van der Waals surface area (Å²) in [5.41, 5.74) is 5.66. The van der Waals surface area contributed by atoms with E-state index < -0.39 is 11.9 Å². The predicted molar refractivity (Wildman–Crippen MR) is 65.3 cm³/mol. The molecule has 0 aliphatic heterocycles. The second-order valence-corrected chi connectivity index (χ2v) is 3.60. The fraction of sp³-hybridized carbons (Fsp3) is 0.273. The molecule has 0 radical (unpaired) electrons. The highest BCUT2D eigenvalue weighted by Gasteiger charge is 2.19. The summed E-state index contributed by atoms with van der Waals surface area (Å²) in [6.07, 6.45) is 2.45. The highest BCUT2D eigenvalue weighted by atomic mass is 16.5. The van der Waals surface area contributed by atoms with Crippen molar-refractivity contribution >= 4 is 17.6 Å². The Morgan fingerprint density at radius 3 is 2.85 bits per heavy atom. The van der Waals surface area contributed by atoms with E-state index in [1.54, 1.807) is 6.92 Å². The average Bonchev–Trinajstić information content (AvgIpc) is 3.04. The molecule has 0 saturated heterocycles. The van der Waals surface area contributed by atoms with Crippen molar-refractivity contribution < 1.29 is 23.5 Å². The molecular weight excluding hydrogens is 268 g/mol. The predicted octanol–water partition coefficient (Wildman–Crippen LogP) is 0.406. The Kier molecular flexibility index (Phi) is 3.69. The van der Waals surface area contributed by atoms with Crippen LogP contribution in [0.2, 0.25) is 0 Å². The van der Waals surface area contributed by atoms with Crippen molar-refractivity contribution in [3.8, 4) is 6.01 Å². The van der Waals surface area contributed by atoms with E-state index in [0.717, 1.165) is 10.9 Å². The van der Waals surface area contributed by atoms with Crippen molar-refractivity contribution in [2.75, 3.05) is 19.5 Å². The first-order valence-electron chi connectivity index (χ1n) is 5.63. The Bertz CT molecular complexity index is 645. The zero-order chi connectivity index (χ0) is 14.7. The van der Waals surface area contributed by atoms with Crippen LogP contribution in [0.1, 0.15) is 27.9 Å². The van der Waals surface area contributed by atoms with Crippen LogP contribution < -0.4 is 5.73 Å². The molecule has 20 heavy (non-hydrogen) atoms. The summed E-state index contributed by atoms with van der Waals surface area (Å²) in [4.78, 5) is 26.7. The summed E-state index contributed by atoms with van der Waals surface area (Å²) in [5, 5.41) is 3.88. The Labute approximate surface area is 113 Å². The SMILES string of the molecule is CCOC(=O)c1coc(-n2cc(N)c(C(=O)OC)n2)n1. The van der Waals surface area contributed by atoms with Gasteiger partial charge >= 0.3 is 18.0 Å². The highest BCUT2D eigenvalue weighted by Crippen LogP contribution is 2.15. The van der Waals surface area contributed by atoms with Crippen molar-refractivity contribution in [3.63, 3.8) is 0 Å². The number of nitrogens with two attached hydrogens (primary N) is 1. The van der Waals surface area contributed by atoms with Crippen LogP contribution in [0.15, 0.2) is 16.9 Å². The normalized spacial score (nSPS) is 10.3. The molecule has 2 aromatic rings. The smallest absolute Gasteiger partial charge is 0.360 e. The Balaban J connectivity index is 2.29. The minimum Gasteiger partial charge on any atom is -0.464 e. The van der Waals surface area contributed by atoms with Gasteiger partial charge in [-0.2, -0.15) is 14.8 Å². The number of carbonyl (C=O) groups is 2. The molecule has 0 bridgehead atoms. The molecule has 0 atom stereocenters. The van der Waals surface area contributed by atoms with Gasteiger partial charge in [-0.15, -0.1) is 0 Å². The number of hydrogen-bond acceptors (Lipinski definition) is 8. The number of ether oxygens (including phenoxy) is 2. The number of oxazole rings is 1. The monoisotopic (exact) mass is 280 g/mol. The van der Waals surface area contributed by atoms with E-state index in [0.29, 0.717) is 0 Å². The third-order valence-corrected chi connectivity index (χ3v) is 2.29. The Morgan fingerprint density at radius 2 is 2.20 bits per heavy atom. The second kappa shape index (κ2) is 5.43. The molecule has 9 nitrogen and oxygen atoms in total. The molecule has 0 aliphatic carbocycles. The molecule has 0 aromatic carbocycles. The lowest BCUT2D eigenvalue weighted by Gasteiger charge is -1.95. The molecule has 2 N–H and O–H groups in total. The van der Waals surface area contributed by atoms with Gasteiger partial charge in [0.1, 0.15) is 6.26 Å². The fourth-order valence-electron chi connectivity index (χ4n) is 1.41. The van der Waals surface area contributed by atoms with E-state index in [4.69, 9.17) is 14.9 Å². The van der Waals surface area contributed by atoms with E-state index in [-0.39, 0.29) is 29.7 Å². The number of methoxy groups -OCH3 is 1. The summed E-state index contributed by atoms with van der Waals surface area (Å²) in [6.45, 7) is 1.90. The summed E-state index contributed by atoms with van der Waals surface area (Å²) in [5.74, 6) is -1.30. The van der Waals surface area contributed by atoms with Gasteiger partial charge < -0.3 is 19.6 Å². The number of carbonyl (C=O) groups excluding carboxylic acids is 2. The van der Waals surface area contributed by atoms with Crippen LogP contribution in [0, 0.1) is 0 Å². The zero-order valence-electron chi connectivity index (χ0n) is 10.8. The molecule has 0 amide bonds. The van der Waals surface area contributed by atoms with Crippen molar-refractivity contribution in [3.05, 3.63) is 23.8 Å². The molecule has 2 aromatic heterocycles. The van der Waals surface area contributed by atoms with Crippen molar-refractivity contribution in [1.29, 1.82) is 0 Å². The molecule has 9 heteroatoms. The standard InChI is InChI=1S/C11H12N4O5/c1-3-19-9(16)7-5-20-11(13-7)15-4-6(12)8(14-15)10(17)18-2/h4-5H,3,12H2,1-2H3. The summed E-state index contributed by atoms with van der Waals surface area (Å²) in [6, 6.07) is -0.0186. The van der Waals surface area contributed by atoms with Gasteiger partial charge in [0, 0.05) is 0 Å². The van der Waals surface area contributed by atoms with Gasteiger partial charge in [0.25, 0.3) is 0 Å². The maximum Gasteiger partial charge on any atom is 0.360 e. The van der Waals surface area contributed by atoms with Gasteiger partial charge in [0.2, 0.25) is 0 Å². The van der Waals surface area contributed by atoms with Gasteiger partial charge in [0.05, 0.1) is 25.6 Å². The lowest BCUT2D eigenvalue weighted by Crippen LogP contribution is -2.07. The Hall–Kier alpha value is -2.84. The molecule has 2 heterocycles. The van der Waals surface area contributed by atoms with Crippen LogP contribution in [0.3, 0.4) is 0 Å². The van der Waals surface area contributed by atoms with Gasteiger partial charge in [-0.25, -0.2) is 9.59 Å². The van der Waals surface area contributed by atoms with Crippen LogP contribution >= 0.6 is 0 Å². The van der Waals surface area contributed by atoms with E-state index >= 15 is 0 Å². The lowest BCUT2D eigenvalue weighted by molar-refractivity contribution is 0.0518. The molecule has 2 rings (SSSR count). The summed E-state index contributed by atoms with van der Waals surface area (Å²) >= 11 is 0. The summed E-state index contributed by atoms with van der Waals surface area (Å²) < 4.78 is 15.5. The van der Waals surface area contributed by atoms with Crippen LogP contribution in [0.5, 0.6) is 0 Å². The van der Waals surface area contributed by atoms with Crippen LogP contribution in [-0.4, -0.2) is 40.4 Å². The number of hydrogen-bond donors (Lipinski definition) is 1. The quantitative estimate of drug-likeness (QED) is 0.798. The topological polar surface area (TPSA) is 122 Å². The maximum atomic E-state index is 11.4. The number of aromatic nitrogens is 3. The molecule has 106 valence electrons. The number of nitrogen functional groups attached to an aromatic ring is 1. The van der Waals surface area contributed by atoms with Gasteiger partial charge in [-0.3, -0.25) is 0 Å². The molecule has 0 fully saturated rings. The molecule has 0 spiro atoms. The third kappa shape index (κ3) is 2.46. The number of nitrogens with zero attached hydrogens (tertiary/aromatic N) is 3. The van der Waals surface area contributed by atoms with Crippen LogP contribution in [-0.2, 0) is 9.47 Å². The van der Waals surface area contributed by atoms with E-state index in [9.17, 15) is 9.59 Å². The van der Waals surface area contributed by atoms with Crippen LogP contribution in [0.25, 0.3) is 6.01 Å². The van der Waals surface area contributed by atoms with Crippen LogP contribution in [0.4, 0.5) is 5.69 Å². The van der Waals surface area contributed by atoms with E-state index in [2.05, 4.69) is 14.8 Å². The Morgan fingerprint density at radius 1 is 1.45 bits per heavy atom. The molecule has 0 saturated carbocycles. The first kappa shape index (κ1) is 13.6. The van der Waals surface area contributed by atoms with Gasteiger partial charge in [0.15, 0.2) is 11.4 Å². The molecule has 0 unspecified atom stereocenters. The lowest BCUT2D eigenvalue weighted by atomic mass is 10.4. The van der Waals surface area contributed by atoms with Crippen molar-refractivity contribution in [2.24, 2.45) is 0 Å². The van der Waals surface area contributed by atoms with Crippen molar-refractivity contribution in [2.45, 2.75) is 6.92 Å².